The summed E-state index contributed by atoms with van der Waals surface area (Å²) in [5.41, 5.74) is 6.93. The molecule has 0 bridgehead atoms. The van der Waals surface area contributed by atoms with Gasteiger partial charge in [0.2, 0.25) is 0 Å². The van der Waals surface area contributed by atoms with Crippen LogP contribution in [0.2, 0.25) is 0 Å². The zero-order valence-corrected chi connectivity index (χ0v) is 13.9. The number of primary amides is 1. The first-order valence-electron chi connectivity index (χ1n) is 7.65. The molecular weight excluding hydrogens is 336 g/mol. The number of hydrogen-bond donors (Lipinski definition) is 3. The molecular formula is C18H16N4O4. The van der Waals surface area contributed by atoms with E-state index in [2.05, 4.69) is 15.8 Å². The Labute approximate surface area is 148 Å². The predicted molar refractivity (Wildman–Crippen MR) is 96.1 cm³/mol. The number of aromatic nitrogens is 1. The zero-order valence-electron chi connectivity index (χ0n) is 13.9. The van der Waals surface area contributed by atoms with Gasteiger partial charge in [0, 0.05) is 17.4 Å². The van der Waals surface area contributed by atoms with Crippen molar-refractivity contribution < 1.29 is 18.8 Å². The van der Waals surface area contributed by atoms with Gasteiger partial charge in [-0.3, -0.25) is 4.79 Å². The molecule has 3 rings (SSSR count). The Bertz CT molecular complexity index is 934. The Morgan fingerprint density at radius 2 is 1.69 bits per heavy atom. The van der Waals surface area contributed by atoms with Crippen LogP contribution in [-0.4, -0.2) is 24.2 Å². The molecule has 2 aromatic carbocycles. The van der Waals surface area contributed by atoms with Gasteiger partial charge in [-0.25, -0.2) is 4.79 Å². The van der Waals surface area contributed by atoms with Crippen LogP contribution in [0.5, 0.6) is 5.75 Å². The molecule has 4 N–H and O–H groups in total. The Hall–Kier alpha value is -3.81. The van der Waals surface area contributed by atoms with Crippen molar-refractivity contribution in [2.45, 2.75) is 0 Å². The number of anilines is 2. The van der Waals surface area contributed by atoms with Gasteiger partial charge in [0.1, 0.15) is 5.75 Å². The largest absolute Gasteiger partial charge is 0.496 e. The van der Waals surface area contributed by atoms with Crippen molar-refractivity contribution >= 4 is 23.3 Å². The molecule has 0 saturated carbocycles. The molecule has 0 atom stereocenters. The summed E-state index contributed by atoms with van der Waals surface area (Å²) in [6.45, 7) is 0. The Morgan fingerprint density at radius 3 is 2.35 bits per heavy atom. The van der Waals surface area contributed by atoms with Crippen LogP contribution in [0.4, 0.5) is 16.2 Å². The summed E-state index contributed by atoms with van der Waals surface area (Å²) in [6.07, 6.45) is 0. The van der Waals surface area contributed by atoms with E-state index in [0.29, 0.717) is 28.4 Å². The number of carbonyl (C=O) groups excluding carboxylic acids is 2. The molecule has 0 radical (unpaired) electrons. The number of benzene rings is 2. The van der Waals surface area contributed by atoms with E-state index in [9.17, 15) is 9.59 Å². The van der Waals surface area contributed by atoms with Gasteiger partial charge in [-0.2, -0.15) is 0 Å². The summed E-state index contributed by atoms with van der Waals surface area (Å²) in [4.78, 5) is 23.1. The number of methoxy groups -OCH3 is 1. The summed E-state index contributed by atoms with van der Waals surface area (Å²) in [5, 5.41) is 8.94. The van der Waals surface area contributed by atoms with Gasteiger partial charge in [0.15, 0.2) is 11.5 Å². The maximum absolute atomic E-state index is 12.3. The van der Waals surface area contributed by atoms with E-state index in [-0.39, 0.29) is 5.69 Å². The molecule has 0 fully saturated rings. The van der Waals surface area contributed by atoms with E-state index in [1.807, 2.05) is 18.2 Å². The maximum Gasteiger partial charge on any atom is 0.316 e. The highest BCUT2D eigenvalue weighted by molar-refractivity contribution is 6.03. The lowest BCUT2D eigenvalue weighted by Gasteiger charge is -2.05. The molecule has 26 heavy (non-hydrogen) atoms. The average molecular weight is 352 g/mol. The molecule has 3 amide bonds. The number of nitrogens with one attached hydrogen (secondary N) is 2. The number of carbonyl (C=O) groups is 2. The molecule has 3 aromatic rings. The van der Waals surface area contributed by atoms with Crippen LogP contribution >= 0.6 is 0 Å². The van der Waals surface area contributed by atoms with Crippen LogP contribution in [0.1, 0.15) is 10.5 Å². The van der Waals surface area contributed by atoms with Crippen LogP contribution in [0.3, 0.4) is 0 Å². The molecule has 1 heterocycles. The van der Waals surface area contributed by atoms with E-state index in [4.69, 9.17) is 15.0 Å². The average Bonchev–Trinajstić information content (AvgIpc) is 3.13. The SMILES string of the molecule is COc1ccccc1-c1cc(C(=O)Nc2ccc(NC(N)=O)cc2)no1. The fraction of sp³-hybridized carbons (Fsp3) is 0.0556. The van der Waals surface area contributed by atoms with Crippen LogP contribution in [0.25, 0.3) is 11.3 Å². The molecule has 8 nitrogen and oxygen atoms in total. The number of urea groups is 1. The van der Waals surface area contributed by atoms with Crippen molar-refractivity contribution in [3.63, 3.8) is 0 Å². The minimum atomic E-state index is -0.659. The predicted octanol–water partition coefficient (Wildman–Crippen LogP) is 3.09. The number of amides is 3. The molecule has 0 aliphatic carbocycles. The second-order valence-electron chi connectivity index (χ2n) is 5.30. The van der Waals surface area contributed by atoms with E-state index in [0.717, 1.165) is 0 Å². The third-order valence-corrected chi connectivity index (χ3v) is 3.53. The third kappa shape index (κ3) is 3.81. The number of nitrogens with zero attached hydrogens (tertiary/aromatic N) is 1. The fourth-order valence-electron chi connectivity index (χ4n) is 2.33. The van der Waals surface area contributed by atoms with E-state index < -0.39 is 11.9 Å². The van der Waals surface area contributed by atoms with Gasteiger partial charge in [-0.1, -0.05) is 17.3 Å². The maximum atomic E-state index is 12.3. The monoisotopic (exact) mass is 352 g/mol. The Balaban J connectivity index is 1.73. The highest BCUT2D eigenvalue weighted by Crippen LogP contribution is 2.30. The van der Waals surface area contributed by atoms with Crippen molar-refractivity contribution in [3.8, 4) is 17.1 Å². The topological polar surface area (TPSA) is 119 Å². The summed E-state index contributed by atoms with van der Waals surface area (Å²) < 4.78 is 10.5. The van der Waals surface area contributed by atoms with Crippen LogP contribution in [0, 0.1) is 0 Å². The lowest BCUT2D eigenvalue weighted by Crippen LogP contribution is -2.19. The zero-order chi connectivity index (χ0) is 18.5. The fourth-order valence-corrected chi connectivity index (χ4v) is 2.33. The minimum absolute atomic E-state index is 0.130. The number of hydrogen-bond acceptors (Lipinski definition) is 5. The minimum Gasteiger partial charge on any atom is -0.496 e. The van der Waals surface area contributed by atoms with Crippen molar-refractivity contribution in [2.24, 2.45) is 5.73 Å². The van der Waals surface area contributed by atoms with Crippen molar-refractivity contribution in [1.29, 1.82) is 0 Å². The van der Waals surface area contributed by atoms with Gasteiger partial charge in [-0.05, 0) is 36.4 Å². The van der Waals surface area contributed by atoms with Gasteiger partial charge < -0.3 is 25.6 Å². The van der Waals surface area contributed by atoms with Crippen molar-refractivity contribution in [3.05, 3.63) is 60.3 Å². The summed E-state index contributed by atoms with van der Waals surface area (Å²) >= 11 is 0. The van der Waals surface area contributed by atoms with Gasteiger partial charge in [0.25, 0.3) is 5.91 Å². The number of nitrogens with two attached hydrogens (primary N) is 1. The lowest BCUT2D eigenvalue weighted by molar-refractivity contribution is 0.101. The highest BCUT2D eigenvalue weighted by Gasteiger charge is 2.16. The first-order valence-corrected chi connectivity index (χ1v) is 7.65. The smallest absolute Gasteiger partial charge is 0.316 e. The summed E-state index contributed by atoms with van der Waals surface area (Å²) in [6, 6.07) is 14.6. The highest BCUT2D eigenvalue weighted by atomic mass is 16.5. The lowest BCUT2D eigenvalue weighted by atomic mass is 10.1. The first kappa shape index (κ1) is 17.0. The quantitative estimate of drug-likeness (QED) is 0.652. The third-order valence-electron chi connectivity index (χ3n) is 3.53. The van der Waals surface area contributed by atoms with Crippen molar-refractivity contribution in [1.82, 2.24) is 5.16 Å². The number of rotatable bonds is 5. The molecule has 132 valence electrons. The van der Waals surface area contributed by atoms with E-state index in [1.165, 1.54) is 6.07 Å². The standard InChI is InChI=1S/C18H16N4O4/c1-25-15-5-3-2-4-13(15)16-10-14(22-26-16)17(23)20-11-6-8-12(9-7-11)21-18(19)24/h2-10H,1H3,(H,20,23)(H3,19,21,24). The molecule has 1 aromatic heterocycles. The molecule has 0 spiro atoms. The second kappa shape index (κ2) is 7.39. The van der Waals surface area contributed by atoms with Gasteiger partial charge >= 0.3 is 6.03 Å². The van der Waals surface area contributed by atoms with Crippen LogP contribution < -0.4 is 21.1 Å². The van der Waals surface area contributed by atoms with Gasteiger partial charge in [-0.15, -0.1) is 0 Å². The second-order valence-corrected chi connectivity index (χ2v) is 5.30. The van der Waals surface area contributed by atoms with Crippen LogP contribution in [-0.2, 0) is 0 Å². The molecule has 0 aliphatic rings. The molecule has 0 saturated heterocycles. The molecule has 0 aliphatic heterocycles. The van der Waals surface area contributed by atoms with Gasteiger partial charge in [0.05, 0.1) is 12.7 Å². The van der Waals surface area contributed by atoms with E-state index >= 15 is 0 Å². The molecule has 8 heteroatoms. The van der Waals surface area contributed by atoms with Crippen LogP contribution in [0.15, 0.2) is 59.1 Å². The number of para-hydroxylation sites is 1. The van der Waals surface area contributed by atoms with E-state index in [1.54, 1.807) is 37.4 Å². The Morgan fingerprint density at radius 1 is 1.04 bits per heavy atom. The summed E-state index contributed by atoms with van der Waals surface area (Å²) in [7, 11) is 1.56. The molecule has 0 unspecified atom stereocenters. The van der Waals surface area contributed by atoms with Crippen molar-refractivity contribution in [2.75, 3.05) is 17.7 Å². The number of ether oxygens (including phenoxy) is 1. The Kier molecular flexibility index (Phi) is 4.84. The first-order chi connectivity index (χ1) is 12.6. The summed E-state index contributed by atoms with van der Waals surface area (Å²) in [5.74, 6) is 0.618. The normalized spacial score (nSPS) is 10.2.